The van der Waals surface area contributed by atoms with Crippen molar-refractivity contribution in [2.75, 3.05) is 20.0 Å². The Morgan fingerprint density at radius 2 is 1.77 bits per heavy atom. The molecule has 0 unspecified atom stereocenters. The molecule has 0 saturated heterocycles. The maximum absolute atomic E-state index is 12.5. The van der Waals surface area contributed by atoms with Crippen LogP contribution in [0.1, 0.15) is 33.5 Å². The minimum Gasteiger partial charge on any atom is -0.497 e. The van der Waals surface area contributed by atoms with Crippen molar-refractivity contribution in [2.24, 2.45) is 0 Å². The van der Waals surface area contributed by atoms with Crippen molar-refractivity contribution in [2.45, 2.75) is 25.2 Å². The summed E-state index contributed by atoms with van der Waals surface area (Å²) in [7, 11) is 3.11. The summed E-state index contributed by atoms with van der Waals surface area (Å²) in [5.41, 5.74) is 1.06. The van der Waals surface area contributed by atoms with E-state index in [2.05, 4.69) is 15.5 Å². The second-order valence-electron chi connectivity index (χ2n) is 6.47. The number of carbonyl (C=O) groups is 2. The highest BCUT2D eigenvalue weighted by Gasteiger charge is 2.16. The minimum absolute atomic E-state index is 0.00988. The number of nitrogens with zero attached hydrogens (tertiary/aromatic N) is 3. The molecular weight excluding hydrogens is 416 g/mol. The highest BCUT2D eigenvalue weighted by atomic mass is 32.2. The van der Waals surface area contributed by atoms with Crippen molar-refractivity contribution >= 4 is 23.5 Å². The Hall–Kier alpha value is -3.33. The fourth-order valence-corrected chi connectivity index (χ4v) is 3.87. The first kappa shape index (κ1) is 22.4. The molecule has 162 valence electrons. The molecule has 8 nitrogen and oxygen atoms in total. The van der Waals surface area contributed by atoms with Crippen LogP contribution in [-0.2, 0) is 13.1 Å². The number of hydrogen-bond acceptors (Lipinski definition) is 7. The summed E-state index contributed by atoms with van der Waals surface area (Å²) in [5.74, 6) is 1.79. The van der Waals surface area contributed by atoms with Crippen molar-refractivity contribution in [3.05, 3.63) is 65.5 Å². The zero-order valence-electron chi connectivity index (χ0n) is 17.6. The Morgan fingerprint density at radius 1 is 1.03 bits per heavy atom. The first-order valence-corrected chi connectivity index (χ1v) is 10.7. The Morgan fingerprint density at radius 3 is 2.45 bits per heavy atom. The summed E-state index contributed by atoms with van der Waals surface area (Å²) < 4.78 is 12.2. The maximum atomic E-state index is 12.5. The van der Waals surface area contributed by atoms with Gasteiger partial charge in [0.25, 0.3) is 5.91 Å². The van der Waals surface area contributed by atoms with Crippen molar-refractivity contribution < 1.29 is 19.1 Å². The summed E-state index contributed by atoms with van der Waals surface area (Å²) in [5, 5.41) is 11.9. The monoisotopic (exact) mass is 440 g/mol. The van der Waals surface area contributed by atoms with Gasteiger partial charge in [0.1, 0.15) is 11.5 Å². The first-order chi connectivity index (χ1) is 15.1. The molecule has 1 N–H and O–H groups in total. The molecule has 0 atom stereocenters. The van der Waals surface area contributed by atoms with Gasteiger partial charge in [-0.05, 0) is 43.3 Å². The van der Waals surface area contributed by atoms with E-state index in [0.29, 0.717) is 40.2 Å². The average Bonchev–Trinajstić information content (AvgIpc) is 3.22. The Balaban J connectivity index is 1.62. The normalized spacial score (nSPS) is 10.5. The molecule has 0 saturated carbocycles. The van der Waals surface area contributed by atoms with Gasteiger partial charge in [-0.15, -0.1) is 10.2 Å². The number of rotatable bonds is 10. The molecule has 0 aliphatic rings. The Kier molecular flexibility index (Phi) is 7.66. The van der Waals surface area contributed by atoms with Crippen LogP contribution in [0.15, 0.2) is 53.7 Å². The molecule has 0 radical (unpaired) electrons. The molecule has 31 heavy (non-hydrogen) atoms. The second-order valence-corrected chi connectivity index (χ2v) is 7.41. The lowest BCUT2D eigenvalue weighted by Gasteiger charge is -2.10. The van der Waals surface area contributed by atoms with E-state index in [9.17, 15) is 9.59 Å². The molecule has 9 heteroatoms. The molecule has 0 spiro atoms. The summed E-state index contributed by atoms with van der Waals surface area (Å²) in [6, 6.07) is 14.0. The minimum atomic E-state index is -0.257. The van der Waals surface area contributed by atoms with Gasteiger partial charge in [0, 0.05) is 12.1 Å². The predicted octanol–water partition coefficient (Wildman–Crippen LogP) is 3.22. The van der Waals surface area contributed by atoms with Gasteiger partial charge in [0.05, 0.1) is 32.1 Å². The number of Topliss-reactive ketones (excluding diaryl/α,β-unsaturated/α-hetero) is 1. The van der Waals surface area contributed by atoms with Crippen LogP contribution in [0.25, 0.3) is 0 Å². The number of carbonyl (C=O) groups excluding carboxylic acids is 2. The second kappa shape index (κ2) is 10.6. The highest BCUT2D eigenvalue weighted by Crippen LogP contribution is 2.21. The van der Waals surface area contributed by atoms with Crippen molar-refractivity contribution in [1.29, 1.82) is 0 Å². The lowest BCUT2D eigenvalue weighted by Crippen LogP contribution is -2.25. The van der Waals surface area contributed by atoms with Crippen LogP contribution in [0.2, 0.25) is 0 Å². The molecular formula is C22H24N4O4S. The summed E-state index contributed by atoms with van der Waals surface area (Å²) in [4.78, 5) is 25.0. The molecule has 0 bridgehead atoms. The van der Waals surface area contributed by atoms with Crippen LogP contribution < -0.4 is 14.8 Å². The van der Waals surface area contributed by atoms with Crippen LogP contribution in [0.4, 0.5) is 0 Å². The van der Waals surface area contributed by atoms with Crippen LogP contribution >= 0.6 is 11.8 Å². The van der Waals surface area contributed by atoms with E-state index in [4.69, 9.17) is 9.47 Å². The number of benzene rings is 2. The van der Waals surface area contributed by atoms with E-state index in [1.54, 1.807) is 55.6 Å². The van der Waals surface area contributed by atoms with E-state index >= 15 is 0 Å². The predicted molar refractivity (Wildman–Crippen MR) is 118 cm³/mol. The third-order valence-corrected chi connectivity index (χ3v) is 5.58. The number of nitrogens with one attached hydrogen (secondary N) is 1. The van der Waals surface area contributed by atoms with Crippen LogP contribution in [0.3, 0.4) is 0 Å². The number of hydrogen-bond donors (Lipinski definition) is 1. The quantitative estimate of drug-likeness (QED) is 0.382. The zero-order valence-corrected chi connectivity index (χ0v) is 18.4. The van der Waals surface area contributed by atoms with Gasteiger partial charge in [-0.1, -0.05) is 23.9 Å². The number of amides is 1. The zero-order chi connectivity index (χ0) is 22.2. The summed E-state index contributed by atoms with van der Waals surface area (Å²) >= 11 is 1.32. The van der Waals surface area contributed by atoms with E-state index in [-0.39, 0.29) is 24.0 Å². The van der Waals surface area contributed by atoms with Crippen molar-refractivity contribution in [3.63, 3.8) is 0 Å². The first-order valence-electron chi connectivity index (χ1n) is 9.70. The number of methoxy groups -OCH3 is 2. The SMILES string of the molecule is CCn1c(CNC(=O)c2ccccc2OC)nnc1SCC(=O)c1ccc(OC)cc1. The number of aromatic nitrogens is 3. The Bertz CT molecular complexity index is 1050. The van der Waals surface area contributed by atoms with Gasteiger partial charge in [-0.25, -0.2) is 0 Å². The van der Waals surface area contributed by atoms with Crippen molar-refractivity contribution in [1.82, 2.24) is 20.1 Å². The standard InChI is InChI=1S/C22H24N4O4S/c1-4-26-20(13-23-21(28)17-7-5-6-8-19(17)30-3)24-25-22(26)31-14-18(27)15-9-11-16(29-2)12-10-15/h5-12H,4,13-14H2,1-3H3,(H,23,28). The molecule has 2 aromatic carbocycles. The summed E-state index contributed by atoms with van der Waals surface area (Å²) in [6.45, 7) is 2.79. The van der Waals surface area contributed by atoms with E-state index < -0.39 is 0 Å². The third-order valence-electron chi connectivity index (χ3n) is 4.61. The van der Waals surface area contributed by atoms with Gasteiger partial charge in [-0.3, -0.25) is 9.59 Å². The highest BCUT2D eigenvalue weighted by molar-refractivity contribution is 7.99. The van der Waals surface area contributed by atoms with E-state index in [1.807, 2.05) is 11.5 Å². The smallest absolute Gasteiger partial charge is 0.255 e. The molecule has 3 rings (SSSR count). The van der Waals surface area contributed by atoms with Crippen LogP contribution in [0, 0.1) is 0 Å². The number of para-hydroxylation sites is 1. The number of thioether (sulfide) groups is 1. The van der Waals surface area contributed by atoms with Gasteiger partial charge in [-0.2, -0.15) is 0 Å². The summed E-state index contributed by atoms with van der Waals surface area (Å²) in [6.07, 6.45) is 0. The molecule has 1 aromatic heterocycles. The van der Waals surface area contributed by atoms with Gasteiger partial charge in [0.15, 0.2) is 16.8 Å². The largest absolute Gasteiger partial charge is 0.497 e. The molecule has 1 amide bonds. The molecule has 1 heterocycles. The van der Waals surface area contributed by atoms with Crippen LogP contribution in [-0.4, -0.2) is 46.4 Å². The number of ether oxygens (including phenoxy) is 2. The molecule has 0 aliphatic carbocycles. The van der Waals surface area contributed by atoms with E-state index in [1.165, 1.54) is 18.9 Å². The molecule has 3 aromatic rings. The molecule has 0 fully saturated rings. The maximum Gasteiger partial charge on any atom is 0.255 e. The fourth-order valence-electron chi connectivity index (χ4n) is 2.95. The average molecular weight is 441 g/mol. The van der Waals surface area contributed by atoms with Crippen molar-refractivity contribution in [3.8, 4) is 11.5 Å². The topological polar surface area (TPSA) is 95.3 Å². The lowest BCUT2D eigenvalue weighted by molar-refractivity contribution is 0.0945. The van der Waals surface area contributed by atoms with Gasteiger partial charge in [0.2, 0.25) is 0 Å². The fraction of sp³-hybridized carbons (Fsp3) is 0.273. The number of ketones is 1. The van der Waals surface area contributed by atoms with Gasteiger partial charge < -0.3 is 19.4 Å². The van der Waals surface area contributed by atoms with Gasteiger partial charge >= 0.3 is 0 Å². The third kappa shape index (κ3) is 5.43. The molecule has 0 aliphatic heterocycles. The Labute approximate surface area is 185 Å². The van der Waals surface area contributed by atoms with E-state index in [0.717, 1.165) is 0 Å². The van der Waals surface area contributed by atoms with Crippen LogP contribution in [0.5, 0.6) is 11.5 Å². The lowest BCUT2D eigenvalue weighted by atomic mass is 10.1.